The number of hydrogen-bond acceptors (Lipinski definition) is 8. The van der Waals surface area contributed by atoms with Crippen LogP contribution >= 0.6 is 11.8 Å². The van der Waals surface area contributed by atoms with Gasteiger partial charge in [-0.1, -0.05) is 30.0 Å². The van der Waals surface area contributed by atoms with Gasteiger partial charge in [0.05, 0.1) is 38.2 Å². The van der Waals surface area contributed by atoms with Crippen LogP contribution in [0, 0.1) is 0 Å². The molecule has 2 heterocycles. The summed E-state index contributed by atoms with van der Waals surface area (Å²) in [6.45, 7) is 0.531. The van der Waals surface area contributed by atoms with Crippen LogP contribution in [0.2, 0.25) is 0 Å². The third kappa shape index (κ3) is 6.00. The molecule has 8 nitrogen and oxygen atoms in total. The van der Waals surface area contributed by atoms with Crippen molar-refractivity contribution in [3.05, 3.63) is 53.6 Å². The molecule has 2 aromatic rings. The lowest BCUT2D eigenvalue weighted by molar-refractivity contribution is -0.120. The molecule has 0 aromatic heterocycles. The van der Waals surface area contributed by atoms with E-state index in [4.69, 9.17) is 9.47 Å². The Labute approximate surface area is 198 Å². The number of thioether (sulfide) groups is 1. The summed E-state index contributed by atoms with van der Waals surface area (Å²) in [4.78, 5) is 16.8. The normalized spacial score (nSPS) is 20.6. The number of nitrogens with one attached hydrogen (secondary N) is 2. The van der Waals surface area contributed by atoms with Crippen LogP contribution in [0.25, 0.3) is 0 Å². The van der Waals surface area contributed by atoms with Gasteiger partial charge < -0.3 is 20.1 Å². The highest BCUT2D eigenvalue weighted by atomic mass is 32.2. The van der Waals surface area contributed by atoms with Gasteiger partial charge in [-0.15, -0.1) is 0 Å². The largest absolute Gasteiger partial charge is 0.493 e. The van der Waals surface area contributed by atoms with Gasteiger partial charge in [0.2, 0.25) is 5.91 Å². The topological polar surface area (TPSA) is 106 Å². The maximum Gasteiger partial charge on any atom is 0.224 e. The SMILES string of the molecule is COc1ccc(CCNC(=O)Cc2ccc(NC3=NC4CS(=O)(=O)CC4S3)cc2)cc1OC. The predicted octanol–water partition coefficient (Wildman–Crippen LogP) is 2.29. The van der Waals surface area contributed by atoms with E-state index in [0.29, 0.717) is 30.9 Å². The van der Waals surface area contributed by atoms with E-state index in [1.807, 2.05) is 42.5 Å². The van der Waals surface area contributed by atoms with Crippen molar-refractivity contribution in [3.8, 4) is 11.5 Å². The standard InChI is InChI=1S/C23H27N3O5S2/c1-30-19-8-5-16(11-20(19)31-2)9-10-24-22(27)12-15-3-6-17(7-4-15)25-23-26-18-13-33(28,29)14-21(18)32-23/h3-8,11,18,21H,9-10,12-14H2,1-2H3,(H,24,27)(H,25,26). The van der Waals surface area contributed by atoms with Crippen molar-refractivity contribution >= 4 is 38.4 Å². The molecule has 1 amide bonds. The lowest BCUT2D eigenvalue weighted by Gasteiger charge is -2.10. The molecule has 0 spiro atoms. The van der Waals surface area contributed by atoms with E-state index in [-0.39, 0.29) is 28.7 Å². The quantitative estimate of drug-likeness (QED) is 0.586. The van der Waals surface area contributed by atoms with E-state index in [1.54, 1.807) is 14.2 Å². The molecular formula is C23H27N3O5S2. The van der Waals surface area contributed by atoms with Crippen molar-refractivity contribution in [3.63, 3.8) is 0 Å². The number of amides is 1. The minimum atomic E-state index is -2.95. The van der Waals surface area contributed by atoms with Gasteiger partial charge in [0.1, 0.15) is 0 Å². The van der Waals surface area contributed by atoms with Gasteiger partial charge in [0.25, 0.3) is 0 Å². The zero-order valence-electron chi connectivity index (χ0n) is 18.5. The molecule has 0 aliphatic carbocycles. The fourth-order valence-corrected chi connectivity index (χ4v) is 7.55. The first kappa shape index (κ1) is 23.4. The molecule has 10 heteroatoms. The summed E-state index contributed by atoms with van der Waals surface area (Å²) in [5.74, 6) is 1.64. The highest BCUT2D eigenvalue weighted by molar-refractivity contribution is 8.15. The number of ether oxygens (including phenoxy) is 2. The molecule has 2 aromatic carbocycles. The molecule has 2 N–H and O–H groups in total. The smallest absolute Gasteiger partial charge is 0.224 e. The second-order valence-electron chi connectivity index (χ2n) is 8.02. The molecule has 0 radical (unpaired) electrons. The minimum Gasteiger partial charge on any atom is -0.493 e. The summed E-state index contributed by atoms with van der Waals surface area (Å²) in [7, 11) is 0.246. The molecule has 33 heavy (non-hydrogen) atoms. The molecule has 2 aliphatic rings. The van der Waals surface area contributed by atoms with Crippen molar-refractivity contribution in [2.24, 2.45) is 4.99 Å². The molecule has 2 unspecified atom stereocenters. The highest BCUT2D eigenvalue weighted by Gasteiger charge is 2.42. The Balaban J connectivity index is 1.23. The molecule has 2 aliphatic heterocycles. The Hall–Kier alpha value is -2.72. The van der Waals surface area contributed by atoms with Crippen molar-refractivity contribution in [2.75, 3.05) is 37.6 Å². The van der Waals surface area contributed by atoms with Gasteiger partial charge in [-0.25, -0.2) is 8.42 Å². The number of hydrogen-bond donors (Lipinski definition) is 2. The third-order valence-electron chi connectivity index (χ3n) is 5.57. The Bertz CT molecular complexity index is 1150. The summed E-state index contributed by atoms with van der Waals surface area (Å²) < 4.78 is 33.9. The van der Waals surface area contributed by atoms with Crippen LogP contribution in [0.3, 0.4) is 0 Å². The van der Waals surface area contributed by atoms with E-state index in [2.05, 4.69) is 15.6 Å². The number of fused-ring (bicyclic) bond motifs is 1. The Morgan fingerprint density at radius 3 is 2.48 bits per heavy atom. The lowest BCUT2D eigenvalue weighted by Crippen LogP contribution is -2.27. The van der Waals surface area contributed by atoms with E-state index >= 15 is 0 Å². The van der Waals surface area contributed by atoms with Crippen LogP contribution in [0.15, 0.2) is 47.5 Å². The van der Waals surface area contributed by atoms with Crippen LogP contribution in [0.4, 0.5) is 5.69 Å². The second-order valence-corrected chi connectivity index (χ2v) is 11.4. The van der Waals surface area contributed by atoms with Gasteiger partial charge in [-0.3, -0.25) is 9.79 Å². The maximum absolute atomic E-state index is 12.3. The molecule has 1 fully saturated rings. The number of methoxy groups -OCH3 is 2. The number of nitrogens with zero attached hydrogens (tertiary/aromatic N) is 1. The first-order valence-corrected chi connectivity index (χ1v) is 13.3. The summed E-state index contributed by atoms with van der Waals surface area (Å²) in [5, 5.41) is 6.96. The first-order chi connectivity index (χ1) is 15.8. The average molecular weight is 490 g/mol. The number of carbonyl (C=O) groups excluding carboxylic acids is 1. The fraction of sp³-hybridized carbons (Fsp3) is 0.391. The highest BCUT2D eigenvalue weighted by Crippen LogP contribution is 2.34. The molecule has 4 rings (SSSR count). The van der Waals surface area contributed by atoms with Gasteiger partial charge in [0.15, 0.2) is 26.5 Å². The number of aliphatic imine (C=N–C) groups is 1. The average Bonchev–Trinajstić information content (AvgIpc) is 3.27. The van der Waals surface area contributed by atoms with Crippen LogP contribution in [0.1, 0.15) is 11.1 Å². The van der Waals surface area contributed by atoms with E-state index in [0.717, 1.165) is 22.0 Å². The van der Waals surface area contributed by atoms with E-state index in [1.165, 1.54) is 11.8 Å². The summed E-state index contributed by atoms with van der Waals surface area (Å²) in [6, 6.07) is 13.2. The maximum atomic E-state index is 12.3. The van der Waals surface area contributed by atoms with Crippen LogP contribution < -0.4 is 20.1 Å². The summed E-state index contributed by atoms with van der Waals surface area (Å²) >= 11 is 1.49. The van der Waals surface area contributed by atoms with Crippen molar-refractivity contribution in [2.45, 2.75) is 24.1 Å². The predicted molar refractivity (Wildman–Crippen MR) is 131 cm³/mol. The molecule has 1 saturated heterocycles. The number of rotatable bonds is 8. The summed E-state index contributed by atoms with van der Waals surface area (Å²) in [5.41, 5.74) is 2.83. The number of carbonyl (C=O) groups is 1. The van der Waals surface area contributed by atoms with Crippen LogP contribution in [0.5, 0.6) is 11.5 Å². The van der Waals surface area contributed by atoms with Gasteiger partial charge >= 0.3 is 0 Å². The van der Waals surface area contributed by atoms with E-state index < -0.39 is 9.84 Å². The second kappa shape index (κ2) is 10.0. The number of amidine groups is 1. The van der Waals surface area contributed by atoms with Crippen molar-refractivity contribution in [1.82, 2.24) is 5.32 Å². The Morgan fingerprint density at radius 1 is 1.06 bits per heavy atom. The zero-order chi connectivity index (χ0) is 23.4. The molecule has 2 atom stereocenters. The molecule has 0 bridgehead atoms. The minimum absolute atomic E-state index is 0.0134. The molecule has 0 saturated carbocycles. The van der Waals surface area contributed by atoms with Crippen LogP contribution in [-0.4, -0.2) is 63.1 Å². The monoisotopic (exact) mass is 489 g/mol. The van der Waals surface area contributed by atoms with E-state index in [9.17, 15) is 13.2 Å². The van der Waals surface area contributed by atoms with Crippen LogP contribution in [-0.2, 0) is 27.5 Å². The molecular weight excluding hydrogens is 462 g/mol. The Morgan fingerprint density at radius 2 is 1.79 bits per heavy atom. The van der Waals surface area contributed by atoms with Crippen molar-refractivity contribution < 1.29 is 22.7 Å². The van der Waals surface area contributed by atoms with Gasteiger partial charge in [-0.2, -0.15) is 0 Å². The Kier molecular flexibility index (Phi) is 7.14. The van der Waals surface area contributed by atoms with Gasteiger partial charge in [-0.05, 0) is 41.8 Å². The number of benzene rings is 2. The third-order valence-corrected chi connectivity index (χ3v) is 8.71. The summed E-state index contributed by atoms with van der Waals surface area (Å²) in [6.07, 6.45) is 0.988. The van der Waals surface area contributed by atoms with Gasteiger partial charge in [0, 0.05) is 17.5 Å². The molecule has 176 valence electrons. The fourth-order valence-electron chi connectivity index (χ4n) is 3.88. The lowest BCUT2D eigenvalue weighted by atomic mass is 10.1. The van der Waals surface area contributed by atoms with Crippen molar-refractivity contribution in [1.29, 1.82) is 0 Å². The zero-order valence-corrected chi connectivity index (χ0v) is 20.2. The number of anilines is 1. The first-order valence-electron chi connectivity index (χ1n) is 10.6. The number of sulfone groups is 1.